The van der Waals surface area contributed by atoms with Gasteiger partial charge in [0.1, 0.15) is 5.75 Å². The minimum atomic E-state index is -0.317. The molecule has 0 aliphatic carbocycles. The molecule has 0 aliphatic heterocycles. The molecule has 4 nitrogen and oxygen atoms in total. The van der Waals surface area contributed by atoms with Crippen LogP contribution < -0.4 is 10.5 Å². The predicted molar refractivity (Wildman–Crippen MR) is 109 cm³/mol. The quantitative estimate of drug-likeness (QED) is 0.231. The number of anilines is 1. The maximum absolute atomic E-state index is 12.0. The average Bonchev–Trinajstić information content (AvgIpc) is 2.65. The van der Waals surface area contributed by atoms with E-state index in [1.165, 1.54) is 64.2 Å². The van der Waals surface area contributed by atoms with Crippen LogP contribution in [0.3, 0.4) is 0 Å². The number of unbranched alkanes of at least 4 members (excludes halogenated alkanes) is 11. The molecule has 0 saturated heterocycles. The Bertz CT molecular complexity index is 502. The Morgan fingerprint density at radius 2 is 1.42 bits per heavy atom. The van der Waals surface area contributed by atoms with Gasteiger partial charge >= 0.3 is 5.97 Å². The number of carbonyl (C=O) groups excluding carboxylic acids is 1. The normalized spacial score (nSPS) is 10.7. The number of hydrogen-bond acceptors (Lipinski definition) is 4. The average molecular weight is 364 g/mol. The lowest BCUT2D eigenvalue weighted by Gasteiger charge is -2.08. The third-order valence-electron chi connectivity index (χ3n) is 4.70. The predicted octanol–water partition coefficient (Wildman–Crippen LogP) is 6.14. The van der Waals surface area contributed by atoms with Crippen LogP contribution in [0, 0.1) is 0 Å². The minimum Gasteiger partial charge on any atom is -0.495 e. The van der Waals surface area contributed by atoms with Crippen LogP contribution >= 0.6 is 0 Å². The van der Waals surface area contributed by atoms with E-state index >= 15 is 0 Å². The van der Waals surface area contributed by atoms with E-state index in [-0.39, 0.29) is 5.97 Å². The van der Waals surface area contributed by atoms with E-state index < -0.39 is 0 Å². The fourth-order valence-electron chi connectivity index (χ4n) is 3.05. The highest BCUT2D eigenvalue weighted by atomic mass is 16.5. The van der Waals surface area contributed by atoms with Crippen molar-refractivity contribution >= 4 is 11.7 Å². The lowest BCUT2D eigenvalue weighted by molar-refractivity contribution is 0.0497. The molecule has 0 aromatic heterocycles. The van der Waals surface area contributed by atoms with E-state index in [2.05, 4.69) is 6.92 Å². The van der Waals surface area contributed by atoms with Crippen molar-refractivity contribution in [3.63, 3.8) is 0 Å². The summed E-state index contributed by atoms with van der Waals surface area (Å²) >= 11 is 0. The zero-order chi connectivity index (χ0) is 19.0. The van der Waals surface area contributed by atoms with Gasteiger partial charge in [-0.15, -0.1) is 0 Å². The summed E-state index contributed by atoms with van der Waals surface area (Å²) in [5.74, 6) is 0.255. The van der Waals surface area contributed by atoms with Crippen LogP contribution in [-0.2, 0) is 4.74 Å². The van der Waals surface area contributed by atoms with Crippen molar-refractivity contribution in [3.8, 4) is 5.75 Å². The molecule has 0 atom stereocenters. The molecule has 2 N–H and O–H groups in total. The largest absolute Gasteiger partial charge is 0.495 e. The van der Waals surface area contributed by atoms with Gasteiger partial charge in [-0.3, -0.25) is 0 Å². The summed E-state index contributed by atoms with van der Waals surface area (Å²) in [5.41, 5.74) is 6.74. The standard InChI is InChI=1S/C22H37NO3/c1-3-4-5-6-7-8-9-10-11-12-13-14-17-26-22(24)19-15-16-21(25-2)20(23)18-19/h15-16,18H,3-14,17,23H2,1-2H3. The van der Waals surface area contributed by atoms with Crippen molar-refractivity contribution < 1.29 is 14.3 Å². The van der Waals surface area contributed by atoms with E-state index in [0.29, 0.717) is 23.6 Å². The molecule has 0 fully saturated rings. The molecule has 4 heteroatoms. The molecule has 1 aromatic rings. The highest BCUT2D eigenvalue weighted by molar-refractivity contribution is 5.91. The zero-order valence-corrected chi connectivity index (χ0v) is 16.7. The van der Waals surface area contributed by atoms with Crippen LogP contribution in [0.5, 0.6) is 5.75 Å². The van der Waals surface area contributed by atoms with E-state index in [9.17, 15) is 4.79 Å². The van der Waals surface area contributed by atoms with Gasteiger partial charge in [0.15, 0.2) is 0 Å². The van der Waals surface area contributed by atoms with Crippen molar-refractivity contribution in [1.82, 2.24) is 0 Å². The fourth-order valence-corrected chi connectivity index (χ4v) is 3.05. The minimum absolute atomic E-state index is 0.317. The lowest BCUT2D eigenvalue weighted by atomic mass is 10.1. The number of methoxy groups -OCH3 is 1. The molecule has 0 spiro atoms. The van der Waals surface area contributed by atoms with Crippen LogP contribution in [0.1, 0.15) is 94.3 Å². The van der Waals surface area contributed by atoms with Crippen molar-refractivity contribution in [2.45, 2.75) is 84.0 Å². The summed E-state index contributed by atoms with van der Waals surface area (Å²) in [4.78, 5) is 12.0. The molecule has 1 rings (SSSR count). The topological polar surface area (TPSA) is 61.5 Å². The molecular formula is C22H37NO3. The van der Waals surface area contributed by atoms with Crippen molar-refractivity contribution in [1.29, 1.82) is 0 Å². The number of benzene rings is 1. The van der Waals surface area contributed by atoms with Gasteiger partial charge in [-0.25, -0.2) is 4.79 Å². The van der Waals surface area contributed by atoms with Crippen molar-refractivity contribution in [2.24, 2.45) is 0 Å². The smallest absolute Gasteiger partial charge is 0.338 e. The van der Waals surface area contributed by atoms with Crippen LogP contribution in [0.4, 0.5) is 5.69 Å². The summed E-state index contributed by atoms with van der Waals surface area (Å²) in [6.45, 7) is 2.73. The van der Waals surface area contributed by atoms with Crippen molar-refractivity contribution in [3.05, 3.63) is 23.8 Å². The van der Waals surface area contributed by atoms with E-state index in [4.69, 9.17) is 15.2 Å². The summed E-state index contributed by atoms with van der Waals surface area (Å²) < 4.78 is 10.4. The Balaban J connectivity index is 1.97. The second-order valence-corrected chi connectivity index (χ2v) is 6.98. The molecule has 0 heterocycles. The van der Waals surface area contributed by atoms with Gasteiger partial charge in [0, 0.05) is 0 Å². The van der Waals surface area contributed by atoms with Gasteiger partial charge in [0.25, 0.3) is 0 Å². The number of nitrogens with two attached hydrogens (primary N) is 1. The highest BCUT2D eigenvalue weighted by Gasteiger charge is 2.09. The first-order chi connectivity index (χ1) is 12.7. The Hall–Kier alpha value is -1.71. The monoisotopic (exact) mass is 363 g/mol. The van der Waals surface area contributed by atoms with Gasteiger partial charge in [0.2, 0.25) is 0 Å². The van der Waals surface area contributed by atoms with E-state index in [0.717, 1.165) is 12.8 Å². The molecule has 1 aromatic carbocycles. The second kappa shape index (κ2) is 14.5. The SMILES string of the molecule is CCCCCCCCCCCCCCOC(=O)c1ccc(OC)c(N)c1. The molecule has 0 amide bonds. The number of carbonyl (C=O) groups is 1. The molecule has 0 saturated carbocycles. The van der Waals surface area contributed by atoms with Gasteiger partial charge in [-0.2, -0.15) is 0 Å². The van der Waals surface area contributed by atoms with E-state index in [1.54, 1.807) is 25.3 Å². The lowest BCUT2D eigenvalue weighted by Crippen LogP contribution is -2.07. The molecule has 0 unspecified atom stereocenters. The second-order valence-electron chi connectivity index (χ2n) is 6.98. The summed E-state index contributed by atoms with van der Waals surface area (Å²) in [7, 11) is 1.55. The van der Waals surface area contributed by atoms with Crippen molar-refractivity contribution in [2.75, 3.05) is 19.5 Å². The van der Waals surface area contributed by atoms with E-state index in [1.807, 2.05) is 0 Å². The van der Waals surface area contributed by atoms with Crippen LogP contribution in [0.2, 0.25) is 0 Å². The maximum atomic E-state index is 12.0. The number of nitrogen functional groups attached to an aromatic ring is 1. The fraction of sp³-hybridized carbons (Fsp3) is 0.682. The van der Waals surface area contributed by atoms with Gasteiger partial charge in [0.05, 0.1) is 25.0 Å². The summed E-state index contributed by atoms with van der Waals surface area (Å²) in [6.07, 6.45) is 15.5. The van der Waals surface area contributed by atoms with Gasteiger partial charge in [-0.05, 0) is 24.6 Å². The maximum Gasteiger partial charge on any atom is 0.338 e. The Labute approximate surface area is 159 Å². The molecule has 148 valence electrons. The third-order valence-corrected chi connectivity index (χ3v) is 4.70. The number of esters is 1. The number of ether oxygens (including phenoxy) is 2. The van der Waals surface area contributed by atoms with Gasteiger partial charge in [-0.1, -0.05) is 77.6 Å². The Morgan fingerprint density at radius 3 is 1.92 bits per heavy atom. The molecule has 26 heavy (non-hydrogen) atoms. The Morgan fingerprint density at radius 1 is 0.885 bits per heavy atom. The van der Waals surface area contributed by atoms with Crippen LogP contribution in [0.15, 0.2) is 18.2 Å². The molecule has 0 bridgehead atoms. The first-order valence-corrected chi connectivity index (χ1v) is 10.3. The third kappa shape index (κ3) is 9.69. The first-order valence-electron chi connectivity index (χ1n) is 10.3. The number of hydrogen-bond donors (Lipinski definition) is 1. The first kappa shape index (κ1) is 22.3. The van der Waals surface area contributed by atoms with Gasteiger partial charge < -0.3 is 15.2 Å². The zero-order valence-electron chi connectivity index (χ0n) is 16.7. The Kier molecular flexibility index (Phi) is 12.4. The molecular weight excluding hydrogens is 326 g/mol. The van der Waals surface area contributed by atoms with Crippen LogP contribution in [0.25, 0.3) is 0 Å². The summed E-state index contributed by atoms with van der Waals surface area (Å²) in [5, 5.41) is 0. The van der Waals surface area contributed by atoms with Crippen LogP contribution in [-0.4, -0.2) is 19.7 Å². The molecule has 0 aliphatic rings. The highest BCUT2D eigenvalue weighted by Crippen LogP contribution is 2.22. The number of rotatable bonds is 15. The molecule has 0 radical (unpaired) electrons. The summed E-state index contributed by atoms with van der Waals surface area (Å²) in [6, 6.07) is 4.97.